The zero-order chi connectivity index (χ0) is 10.7. The number of carbonyl (C=O) groups is 1. The van der Waals surface area contributed by atoms with Crippen molar-refractivity contribution in [3.63, 3.8) is 0 Å². The molecule has 82 valence electrons. The Morgan fingerprint density at radius 2 is 2.21 bits per heavy atom. The fourth-order valence-electron chi connectivity index (χ4n) is 1.54. The second-order valence-electron chi connectivity index (χ2n) is 3.46. The molecule has 1 heterocycles. The number of aliphatic hydroxyl groups excluding tert-OH is 2. The summed E-state index contributed by atoms with van der Waals surface area (Å²) in [6.45, 7) is 0.831. The number of hydrogen-bond donors (Lipinski definition) is 4. The molecule has 1 aliphatic rings. The highest BCUT2D eigenvalue weighted by Gasteiger charge is 2.37. The molecule has 0 aromatic heterocycles. The van der Waals surface area contributed by atoms with E-state index in [0.29, 0.717) is 0 Å². The molecule has 0 aliphatic carbocycles. The zero-order valence-corrected chi connectivity index (χ0v) is 7.90. The third kappa shape index (κ3) is 2.40. The van der Waals surface area contributed by atoms with Crippen LogP contribution in [0.25, 0.3) is 0 Å². The van der Waals surface area contributed by atoms with E-state index >= 15 is 0 Å². The van der Waals surface area contributed by atoms with E-state index in [-0.39, 0.29) is 12.5 Å². The number of aliphatic hydroxyl groups is 2. The summed E-state index contributed by atoms with van der Waals surface area (Å²) in [6.07, 6.45) is -2.31. The standard InChI is InChI=1S/C8H15FN2O3/c1-4(12)11-6-3-10-5(2-9)7(13)8(6)14/h5-8,10,13-14H,2-3H2,1H3,(H,11,12)/t5-,6+,7-,8-/m1/s1. The van der Waals surface area contributed by atoms with Gasteiger partial charge in [0.25, 0.3) is 0 Å². The van der Waals surface area contributed by atoms with Crippen molar-refractivity contribution in [3.05, 3.63) is 0 Å². The van der Waals surface area contributed by atoms with Crippen LogP contribution in [0.2, 0.25) is 0 Å². The number of hydrogen-bond acceptors (Lipinski definition) is 4. The lowest BCUT2D eigenvalue weighted by atomic mass is 9.95. The van der Waals surface area contributed by atoms with Crippen LogP contribution >= 0.6 is 0 Å². The van der Waals surface area contributed by atoms with Crippen LogP contribution < -0.4 is 10.6 Å². The number of piperidine rings is 1. The summed E-state index contributed by atoms with van der Waals surface area (Å²) in [6, 6.07) is -1.32. The minimum absolute atomic E-state index is 0.256. The molecule has 0 spiro atoms. The van der Waals surface area contributed by atoms with Crippen molar-refractivity contribution in [1.82, 2.24) is 10.6 Å². The third-order valence-electron chi connectivity index (χ3n) is 2.33. The summed E-state index contributed by atoms with van der Waals surface area (Å²) < 4.78 is 12.3. The van der Waals surface area contributed by atoms with Crippen molar-refractivity contribution in [2.24, 2.45) is 0 Å². The second kappa shape index (κ2) is 4.68. The molecule has 4 N–H and O–H groups in total. The van der Waals surface area contributed by atoms with Gasteiger partial charge in [0, 0.05) is 13.5 Å². The smallest absolute Gasteiger partial charge is 0.217 e. The predicted molar refractivity (Wildman–Crippen MR) is 47.4 cm³/mol. The summed E-state index contributed by atoms with van der Waals surface area (Å²) in [7, 11) is 0. The van der Waals surface area contributed by atoms with Crippen molar-refractivity contribution >= 4 is 5.91 Å². The van der Waals surface area contributed by atoms with Crippen LogP contribution in [0, 0.1) is 0 Å². The Morgan fingerprint density at radius 3 is 2.71 bits per heavy atom. The first-order valence-corrected chi connectivity index (χ1v) is 4.49. The highest BCUT2D eigenvalue weighted by molar-refractivity contribution is 5.73. The number of rotatable bonds is 2. The summed E-state index contributed by atoms with van der Waals surface area (Å²) in [5.41, 5.74) is 0. The van der Waals surface area contributed by atoms with Crippen molar-refractivity contribution in [2.45, 2.75) is 31.2 Å². The van der Waals surface area contributed by atoms with Crippen molar-refractivity contribution < 1.29 is 19.4 Å². The number of alkyl halides is 1. The Balaban J connectivity index is 2.54. The largest absolute Gasteiger partial charge is 0.389 e. The van der Waals surface area contributed by atoms with Gasteiger partial charge in [-0.3, -0.25) is 4.79 Å². The van der Waals surface area contributed by atoms with E-state index in [9.17, 15) is 19.4 Å². The molecule has 0 aromatic rings. The molecule has 0 unspecified atom stereocenters. The van der Waals surface area contributed by atoms with Gasteiger partial charge in [-0.2, -0.15) is 0 Å². The minimum atomic E-state index is -1.19. The number of nitrogens with one attached hydrogen (secondary N) is 2. The van der Waals surface area contributed by atoms with Crippen molar-refractivity contribution in [2.75, 3.05) is 13.2 Å². The Morgan fingerprint density at radius 1 is 1.57 bits per heavy atom. The highest BCUT2D eigenvalue weighted by Crippen LogP contribution is 2.11. The predicted octanol–water partition coefficient (Wildman–Crippen LogP) is -1.85. The maximum absolute atomic E-state index is 12.3. The van der Waals surface area contributed by atoms with Gasteiger partial charge in [0.05, 0.1) is 18.2 Å². The van der Waals surface area contributed by atoms with E-state index in [4.69, 9.17) is 0 Å². The molecule has 1 rings (SSSR count). The fraction of sp³-hybridized carbons (Fsp3) is 0.875. The summed E-state index contributed by atoms with van der Waals surface area (Å²) in [5, 5.41) is 24.1. The molecule has 0 bridgehead atoms. The van der Waals surface area contributed by atoms with Gasteiger partial charge in [-0.15, -0.1) is 0 Å². The number of carbonyl (C=O) groups excluding carboxylic acids is 1. The van der Waals surface area contributed by atoms with Gasteiger partial charge in [0.1, 0.15) is 12.8 Å². The van der Waals surface area contributed by atoms with Crippen LogP contribution in [0.3, 0.4) is 0 Å². The van der Waals surface area contributed by atoms with Crippen LogP contribution in [0.4, 0.5) is 4.39 Å². The van der Waals surface area contributed by atoms with Crippen LogP contribution in [0.5, 0.6) is 0 Å². The van der Waals surface area contributed by atoms with Gasteiger partial charge in [-0.25, -0.2) is 4.39 Å². The average molecular weight is 206 g/mol. The average Bonchev–Trinajstić information content (AvgIpc) is 2.13. The third-order valence-corrected chi connectivity index (χ3v) is 2.33. The molecule has 0 radical (unpaired) electrons. The molecule has 1 aliphatic heterocycles. The lowest BCUT2D eigenvalue weighted by molar-refractivity contribution is -0.122. The second-order valence-corrected chi connectivity index (χ2v) is 3.46. The molecule has 1 fully saturated rings. The lowest BCUT2D eigenvalue weighted by Crippen LogP contribution is -2.64. The SMILES string of the molecule is CC(=O)N[C@H]1CN[C@H](CF)[C@@H](O)[C@@H]1O. The highest BCUT2D eigenvalue weighted by atomic mass is 19.1. The first kappa shape index (κ1) is 11.4. The number of halogens is 1. The first-order valence-electron chi connectivity index (χ1n) is 4.49. The molecule has 5 nitrogen and oxygen atoms in total. The van der Waals surface area contributed by atoms with E-state index in [1.54, 1.807) is 0 Å². The van der Waals surface area contributed by atoms with E-state index in [0.717, 1.165) is 0 Å². The molecular formula is C8H15FN2O3. The number of amides is 1. The van der Waals surface area contributed by atoms with Crippen molar-refractivity contribution in [1.29, 1.82) is 0 Å². The molecule has 0 aromatic carbocycles. The van der Waals surface area contributed by atoms with E-state index < -0.39 is 31.0 Å². The van der Waals surface area contributed by atoms with Gasteiger partial charge in [0.15, 0.2) is 0 Å². The quantitative estimate of drug-likeness (QED) is 0.428. The topological polar surface area (TPSA) is 81.6 Å². The fourth-order valence-corrected chi connectivity index (χ4v) is 1.54. The van der Waals surface area contributed by atoms with E-state index in [1.165, 1.54) is 6.92 Å². The molecule has 1 amide bonds. The Bertz CT molecular complexity index is 215. The molecular weight excluding hydrogens is 191 g/mol. The van der Waals surface area contributed by atoms with E-state index in [1.807, 2.05) is 0 Å². The summed E-state index contributed by atoms with van der Waals surface area (Å²) in [5.74, 6) is -0.290. The molecule has 4 atom stereocenters. The Hall–Kier alpha value is -0.720. The summed E-state index contributed by atoms with van der Waals surface area (Å²) in [4.78, 5) is 10.7. The Labute approximate surface area is 81.3 Å². The molecule has 1 saturated heterocycles. The summed E-state index contributed by atoms with van der Waals surface area (Å²) >= 11 is 0. The first-order chi connectivity index (χ1) is 6.56. The van der Waals surface area contributed by atoms with Gasteiger partial charge < -0.3 is 20.8 Å². The maximum Gasteiger partial charge on any atom is 0.217 e. The monoisotopic (exact) mass is 206 g/mol. The van der Waals surface area contributed by atoms with Crippen molar-refractivity contribution in [3.8, 4) is 0 Å². The molecule has 0 saturated carbocycles. The molecule has 14 heavy (non-hydrogen) atoms. The van der Waals surface area contributed by atoms with Gasteiger partial charge in [-0.05, 0) is 0 Å². The lowest BCUT2D eigenvalue weighted by Gasteiger charge is -2.37. The Kier molecular flexibility index (Phi) is 3.79. The van der Waals surface area contributed by atoms with Gasteiger partial charge in [-0.1, -0.05) is 0 Å². The van der Waals surface area contributed by atoms with Crippen LogP contribution in [0.15, 0.2) is 0 Å². The van der Waals surface area contributed by atoms with Crippen LogP contribution in [-0.2, 0) is 4.79 Å². The molecule has 6 heteroatoms. The minimum Gasteiger partial charge on any atom is -0.389 e. The zero-order valence-electron chi connectivity index (χ0n) is 7.90. The van der Waals surface area contributed by atoms with Crippen LogP contribution in [-0.4, -0.2) is 53.6 Å². The van der Waals surface area contributed by atoms with Gasteiger partial charge in [0.2, 0.25) is 5.91 Å². The van der Waals surface area contributed by atoms with Crippen LogP contribution in [0.1, 0.15) is 6.92 Å². The normalized spacial score (nSPS) is 38.0. The maximum atomic E-state index is 12.3. The van der Waals surface area contributed by atoms with Gasteiger partial charge >= 0.3 is 0 Å². The van der Waals surface area contributed by atoms with E-state index in [2.05, 4.69) is 10.6 Å².